The van der Waals surface area contributed by atoms with Crippen LogP contribution < -0.4 is 5.32 Å². The molecule has 1 saturated heterocycles. The number of hydrogen-bond acceptors (Lipinski definition) is 7. The first kappa shape index (κ1) is 24.7. The molecule has 0 amide bonds. The largest absolute Gasteiger partial charge is 0.385 e. The lowest BCUT2D eigenvalue weighted by Crippen LogP contribution is -2.53. The van der Waals surface area contributed by atoms with Crippen LogP contribution in [-0.2, 0) is 4.74 Å². The van der Waals surface area contributed by atoms with E-state index in [4.69, 9.17) is 9.73 Å². The van der Waals surface area contributed by atoms with E-state index in [1.54, 1.807) is 7.11 Å². The van der Waals surface area contributed by atoms with Gasteiger partial charge in [-0.2, -0.15) is 0 Å². The van der Waals surface area contributed by atoms with Gasteiger partial charge in [-0.1, -0.05) is 23.5 Å². The maximum absolute atomic E-state index is 13.3. The molecule has 0 radical (unpaired) electrons. The van der Waals surface area contributed by atoms with E-state index in [2.05, 4.69) is 27.1 Å². The van der Waals surface area contributed by atoms with E-state index in [9.17, 15) is 8.78 Å². The lowest BCUT2D eigenvalue weighted by molar-refractivity contribution is 0.100. The first-order valence-electron chi connectivity index (χ1n) is 9.25. The van der Waals surface area contributed by atoms with Crippen LogP contribution in [0, 0.1) is 0 Å². The summed E-state index contributed by atoms with van der Waals surface area (Å²) in [5.41, 5.74) is 2.09. The summed E-state index contributed by atoms with van der Waals surface area (Å²) >= 11 is 0.993. The quantitative estimate of drug-likeness (QED) is 0.687. The summed E-state index contributed by atoms with van der Waals surface area (Å²) in [7, 11) is 3.80. The maximum Gasteiger partial charge on any atom is 0.289 e. The predicted molar refractivity (Wildman–Crippen MR) is 122 cm³/mol. The number of thiazole rings is 1. The van der Waals surface area contributed by atoms with Gasteiger partial charge in [-0.25, -0.2) is 18.8 Å². The fourth-order valence-electron chi connectivity index (χ4n) is 3.56. The number of benzene rings is 1. The molecule has 0 saturated carbocycles. The Hall–Kier alpha value is -1.52. The van der Waals surface area contributed by atoms with E-state index in [0.717, 1.165) is 48.8 Å². The summed E-state index contributed by atoms with van der Waals surface area (Å²) in [5, 5.41) is 3.68. The summed E-state index contributed by atoms with van der Waals surface area (Å²) in [4.78, 5) is 13.6. The molecule has 1 unspecified atom stereocenters. The molecule has 1 fully saturated rings. The number of alkyl halides is 2. The SMILES string of the molecule is COCCC1CN(C2=Nc3ccccc3Nc3sc(C(F)F)nc32)CCN1C.Cl.Cl. The van der Waals surface area contributed by atoms with E-state index in [-0.39, 0.29) is 29.8 Å². The molecule has 0 aliphatic carbocycles. The molecule has 166 valence electrons. The molecule has 6 nitrogen and oxygen atoms in total. The Kier molecular flexibility index (Phi) is 8.81. The van der Waals surface area contributed by atoms with Crippen molar-refractivity contribution in [2.75, 3.05) is 45.7 Å². The molecule has 1 aromatic heterocycles. The van der Waals surface area contributed by atoms with Gasteiger partial charge in [-0.15, -0.1) is 24.8 Å². The van der Waals surface area contributed by atoms with Crippen LogP contribution in [0.4, 0.5) is 25.2 Å². The number of amidine groups is 1. The number of hydrogen-bond donors (Lipinski definition) is 1. The maximum atomic E-state index is 13.3. The van der Waals surface area contributed by atoms with Crippen LogP contribution in [0.15, 0.2) is 29.3 Å². The second-order valence-electron chi connectivity index (χ2n) is 6.97. The van der Waals surface area contributed by atoms with Gasteiger partial charge in [-0.05, 0) is 25.6 Å². The Labute approximate surface area is 191 Å². The number of rotatable bonds is 4. The topological polar surface area (TPSA) is 53.0 Å². The van der Waals surface area contributed by atoms with Crippen LogP contribution in [0.2, 0.25) is 0 Å². The van der Waals surface area contributed by atoms with Gasteiger partial charge in [0, 0.05) is 39.4 Å². The van der Waals surface area contributed by atoms with Crippen LogP contribution >= 0.6 is 36.2 Å². The molecule has 4 rings (SSSR count). The second kappa shape index (κ2) is 10.7. The number of halogens is 4. The standard InChI is InChI=1S/C19H23F2N5OS.2ClH/c1-25-8-9-26(11-12(25)7-10-27-2)17-15-18(28-19(24-15)16(20)21)23-14-6-4-3-5-13(14)22-17;;/h3-6,12,16,23H,7-11H2,1-2H3;2*1H. The first-order chi connectivity index (χ1) is 13.6. The van der Waals surface area contributed by atoms with Gasteiger partial charge in [0.05, 0.1) is 11.4 Å². The summed E-state index contributed by atoms with van der Waals surface area (Å²) in [6, 6.07) is 7.95. The van der Waals surface area contributed by atoms with Crippen LogP contribution in [-0.4, -0.2) is 67.1 Å². The van der Waals surface area contributed by atoms with E-state index in [1.165, 1.54) is 0 Å². The van der Waals surface area contributed by atoms with Crippen LogP contribution in [0.5, 0.6) is 0 Å². The second-order valence-corrected chi connectivity index (χ2v) is 8.00. The molecule has 30 heavy (non-hydrogen) atoms. The number of likely N-dealkylation sites (N-methyl/N-ethyl adjacent to an activating group) is 1. The first-order valence-corrected chi connectivity index (χ1v) is 10.1. The smallest absolute Gasteiger partial charge is 0.289 e. The summed E-state index contributed by atoms with van der Waals surface area (Å²) < 4.78 is 31.9. The van der Waals surface area contributed by atoms with E-state index in [0.29, 0.717) is 29.2 Å². The fraction of sp³-hybridized carbons (Fsp3) is 0.474. The van der Waals surface area contributed by atoms with Gasteiger partial charge in [0.25, 0.3) is 6.43 Å². The highest BCUT2D eigenvalue weighted by Gasteiger charge is 2.32. The molecule has 2 aliphatic rings. The van der Waals surface area contributed by atoms with Crippen molar-refractivity contribution in [3.8, 4) is 0 Å². The predicted octanol–water partition coefficient (Wildman–Crippen LogP) is 4.71. The molecular weight excluding hydrogens is 455 g/mol. The number of methoxy groups -OCH3 is 1. The molecule has 2 aliphatic heterocycles. The molecule has 1 aromatic carbocycles. The zero-order chi connectivity index (χ0) is 19.7. The summed E-state index contributed by atoms with van der Waals surface area (Å²) in [6.07, 6.45) is -1.70. The zero-order valence-electron chi connectivity index (χ0n) is 16.7. The zero-order valence-corrected chi connectivity index (χ0v) is 19.1. The van der Waals surface area contributed by atoms with Gasteiger partial charge in [0.1, 0.15) is 10.7 Å². The molecule has 11 heteroatoms. The average molecular weight is 480 g/mol. The van der Waals surface area contributed by atoms with Crippen molar-refractivity contribution >= 4 is 58.4 Å². The van der Waals surface area contributed by atoms with E-state index >= 15 is 0 Å². The van der Waals surface area contributed by atoms with E-state index in [1.807, 2.05) is 24.3 Å². The number of ether oxygens (including phenoxy) is 1. The van der Waals surface area contributed by atoms with Crippen LogP contribution in [0.25, 0.3) is 0 Å². The Morgan fingerprint density at radius 3 is 2.77 bits per heavy atom. The third-order valence-corrected chi connectivity index (χ3v) is 6.13. The normalized spacial score (nSPS) is 18.4. The Balaban J connectivity index is 0.00000160. The monoisotopic (exact) mass is 479 g/mol. The highest BCUT2D eigenvalue weighted by Crippen LogP contribution is 2.40. The lowest BCUT2D eigenvalue weighted by atomic mass is 10.1. The lowest BCUT2D eigenvalue weighted by Gasteiger charge is -2.40. The molecular formula is C19H25Cl2F2N5OS. The highest BCUT2D eigenvalue weighted by atomic mass is 35.5. The highest BCUT2D eigenvalue weighted by molar-refractivity contribution is 7.16. The summed E-state index contributed by atoms with van der Waals surface area (Å²) in [5.74, 6) is 0.658. The average Bonchev–Trinajstić information content (AvgIpc) is 3.04. The van der Waals surface area contributed by atoms with Crippen LogP contribution in [0.1, 0.15) is 23.5 Å². The van der Waals surface area contributed by atoms with Gasteiger partial charge >= 0.3 is 0 Å². The number of fused-ring (bicyclic) bond motifs is 2. The number of nitrogens with one attached hydrogen (secondary N) is 1. The van der Waals surface area contributed by atoms with Crippen molar-refractivity contribution in [1.82, 2.24) is 14.8 Å². The van der Waals surface area contributed by atoms with Gasteiger partial charge in [-0.3, -0.25) is 4.90 Å². The van der Waals surface area contributed by atoms with Crippen molar-refractivity contribution in [2.24, 2.45) is 4.99 Å². The number of aromatic nitrogens is 1. The molecule has 0 spiro atoms. The minimum Gasteiger partial charge on any atom is -0.385 e. The number of nitrogens with zero attached hydrogens (tertiary/aromatic N) is 4. The molecule has 1 N–H and O–H groups in total. The molecule has 1 atom stereocenters. The number of anilines is 2. The fourth-order valence-corrected chi connectivity index (χ4v) is 4.39. The van der Waals surface area contributed by atoms with Crippen molar-refractivity contribution in [3.63, 3.8) is 0 Å². The Morgan fingerprint density at radius 1 is 1.27 bits per heavy atom. The Bertz CT molecular complexity index is 882. The van der Waals surface area contributed by atoms with E-state index < -0.39 is 6.43 Å². The summed E-state index contributed by atoms with van der Waals surface area (Å²) in [6.45, 7) is 3.06. The minimum absolute atomic E-state index is 0. The number of para-hydroxylation sites is 2. The van der Waals surface area contributed by atoms with Gasteiger partial charge in [0.2, 0.25) is 0 Å². The van der Waals surface area contributed by atoms with Crippen molar-refractivity contribution in [1.29, 1.82) is 0 Å². The van der Waals surface area contributed by atoms with Crippen molar-refractivity contribution in [2.45, 2.75) is 18.9 Å². The Morgan fingerprint density at radius 2 is 2.03 bits per heavy atom. The molecule has 3 heterocycles. The number of piperazine rings is 1. The van der Waals surface area contributed by atoms with Gasteiger partial charge < -0.3 is 15.0 Å². The third kappa shape index (κ3) is 5.03. The molecule has 2 aromatic rings. The van der Waals surface area contributed by atoms with Crippen molar-refractivity contribution in [3.05, 3.63) is 35.0 Å². The van der Waals surface area contributed by atoms with Gasteiger partial charge in [0.15, 0.2) is 10.8 Å². The third-order valence-electron chi connectivity index (χ3n) is 5.15. The number of aliphatic imine (C=N–C) groups is 1. The minimum atomic E-state index is -2.60. The molecule has 0 bridgehead atoms. The van der Waals surface area contributed by atoms with Crippen molar-refractivity contribution < 1.29 is 13.5 Å². The van der Waals surface area contributed by atoms with Crippen LogP contribution in [0.3, 0.4) is 0 Å².